The summed E-state index contributed by atoms with van der Waals surface area (Å²) in [6, 6.07) is 0. The highest BCUT2D eigenvalue weighted by Gasteiger charge is 2.37. The Morgan fingerprint density at radius 3 is 2.33 bits per heavy atom. The van der Waals surface area contributed by atoms with Crippen LogP contribution in [0.1, 0.15) is 26.2 Å². The fourth-order valence-electron chi connectivity index (χ4n) is 2.70. The summed E-state index contributed by atoms with van der Waals surface area (Å²) in [5.41, 5.74) is 6.49. The van der Waals surface area contributed by atoms with Crippen molar-refractivity contribution in [3.63, 3.8) is 0 Å². The summed E-state index contributed by atoms with van der Waals surface area (Å²) in [4.78, 5) is 0. The summed E-state index contributed by atoms with van der Waals surface area (Å²) in [7, 11) is 3.55. The molecule has 0 spiro atoms. The third-order valence-electron chi connectivity index (χ3n) is 3.68. The van der Waals surface area contributed by atoms with Gasteiger partial charge in [0.1, 0.15) is 6.23 Å². The fraction of sp³-hybridized carbons (Fsp3) is 1.00. The lowest BCUT2D eigenvalue weighted by Gasteiger charge is -2.35. The Hall–Kier alpha value is 0.150. The van der Waals surface area contributed by atoms with Crippen LogP contribution < -0.4 is 10.9 Å². The van der Waals surface area contributed by atoms with Crippen LogP contribution in [0.4, 0.5) is 0 Å². The summed E-state index contributed by atoms with van der Waals surface area (Å²) < 4.78 is 17.0. The number of hydrogen-bond donors (Lipinski definition) is 2. The molecule has 1 saturated carbocycles. The van der Waals surface area contributed by atoms with Crippen molar-refractivity contribution < 1.29 is 14.2 Å². The highest BCUT2D eigenvalue weighted by molar-refractivity contribution is 7.99. The van der Waals surface area contributed by atoms with Crippen molar-refractivity contribution >= 4 is 11.8 Å². The van der Waals surface area contributed by atoms with Crippen molar-refractivity contribution in [3.8, 4) is 0 Å². The number of ether oxygens (including phenoxy) is 3. The van der Waals surface area contributed by atoms with E-state index in [4.69, 9.17) is 14.2 Å². The summed E-state index contributed by atoms with van der Waals surface area (Å²) in [5, 5.41) is 0. The van der Waals surface area contributed by atoms with Gasteiger partial charge in [0, 0.05) is 20.1 Å². The number of methoxy groups -OCH3 is 2. The summed E-state index contributed by atoms with van der Waals surface area (Å²) >= 11 is 1.76. The van der Waals surface area contributed by atoms with Gasteiger partial charge in [-0.3, -0.25) is 0 Å². The first-order valence-corrected chi connectivity index (χ1v) is 7.65. The molecule has 4 unspecified atom stereocenters. The molecule has 6 heteroatoms. The van der Waals surface area contributed by atoms with Crippen molar-refractivity contribution in [1.82, 2.24) is 10.9 Å². The summed E-state index contributed by atoms with van der Waals surface area (Å²) in [5.74, 6) is 1.47. The first kappa shape index (κ1) is 14.6. The molecule has 18 heavy (non-hydrogen) atoms. The minimum Gasteiger partial charge on any atom is -0.381 e. The quantitative estimate of drug-likeness (QED) is 0.789. The lowest BCUT2D eigenvalue weighted by Crippen LogP contribution is -2.43. The molecule has 0 aromatic rings. The molecule has 0 aromatic carbocycles. The van der Waals surface area contributed by atoms with Gasteiger partial charge in [0.15, 0.2) is 5.56 Å². The zero-order valence-corrected chi connectivity index (χ0v) is 12.2. The van der Waals surface area contributed by atoms with E-state index >= 15 is 0 Å². The second-order valence-corrected chi connectivity index (χ2v) is 6.15. The number of hydrazine groups is 1. The third-order valence-corrected chi connectivity index (χ3v) is 4.55. The van der Waals surface area contributed by atoms with E-state index in [0.717, 1.165) is 25.0 Å². The van der Waals surface area contributed by atoms with Gasteiger partial charge in [0.2, 0.25) is 0 Å². The molecular formula is C12H24N2O3S. The number of nitrogens with one attached hydrogen (secondary N) is 2. The predicted molar refractivity (Wildman–Crippen MR) is 72.0 cm³/mol. The number of rotatable bonds is 5. The lowest BCUT2D eigenvalue weighted by atomic mass is 9.84. The van der Waals surface area contributed by atoms with Crippen molar-refractivity contribution in [1.29, 1.82) is 0 Å². The standard InChI is InChI=1S/C12H24N2O3S/c1-4-18-12-14-13-11(17-12)8-5-9(15-2)7-10(6-8)16-3/h8-14H,4-7H2,1-3H3. The lowest BCUT2D eigenvalue weighted by molar-refractivity contribution is -0.0680. The largest absolute Gasteiger partial charge is 0.381 e. The Kier molecular flexibility index (Phi) is 5.72. The zero-order valence-electron chi connectivity index (χ0n) is 11.3. The van der Waals surface area contributed by atoms with Crippen LogP contribution in [-0.2, 0) is 14.2 Å². The van der Waals surface area contributed by atoms with Crippen molar-refractivity contribution in [2.24, 2.45) is 5.92 Å². The molecule has 2 fully saturated rings. The van der Waals surface area contributed by atoms with Crippen LogP contribution >= 0.6 is 11.8 Å². The van der Waals surface area contributed by atoms with Crippen LogP contribution in [0.3, 0.4) is 0 Å². The maximum Gasteiger partial charge on any atom is 0.170 e. The highest BCUT2D eigenvalue weighted by Crippen LogP contribution is 2.32. The first-order valence-electron chi connectivity index (χ1n) is 6.60. The van der Waals surface area contributed by atoms with Crippen LogP contribution in [0.25, 0.3) is 0 Å². The molecule has 106 valence electrons. The highest BCUT2D eigenvalue weighted by atomic mass is 32.2. The van der Waals surface area contributed by atoms with E-state index in [1.54, 1.807) is 26.0 Å². The summed E-state index contributed by atoms with van der Waals surface area (Å²) in [6.45, 7) is 2.13. The molecule has 2 rings (SSSR count). The molecule has 2 aliphatic rings. The molecule has 0 bridgehead atoms. The predicted octanol–water partition coefficient (Wildman–Crippen LogP) is 1.30. The molecular weight excluding hydrogens is 252 g/mol. The Bertz CT molecular complexity index is 245. The average molecular weight is 276 g/mol. The van der Waals surface area contributed by atoms with Crippen molar-refractivity contribution in [2.75, 3.05) is 20.0 Å². The van der Waals surface area contributed by atoms with Crippen molar-refractivity contribution in [2.45, 2.75) is 50.2 Å². The van der Waals surface area contributed by atoms with Gasteiger partial charge in [0.25, 0.3) is 0 Å². The molecule has 0 amide bonds. The Labute approximate surface area is 113 Å². The Morgan fingerprint density at radius 1 is 1.11 bits per heavy atom. The second kappa shape index (κ2) is 7.07. The van der Waals surface area contributed by atoms with Gasteiger partial charge in [-0.2, -0.15) is 0 Å². The maximum atomic E-state index is 5.96. The SMILES string of the molecule is CCSC1NNC(C2CC(OC)CC(OC)C2)O1. The van der Waals surface area contributed by atoms with Gasteiger partial charge in [-0.05, 0) is 25.0 Å². The average Bonchev–Trinajstić information content (AvgIpc) is 2.87. The molecule has 4 atom stereocenters. The third kappa shape index (κ3) is 3.59. The normalized spacial score (nSPS) is 41.2. The maximum absolute atomic E-state index is 5.96. The van der Waals surface area contributed by atoms with Gasteiger partial charge in [-0.25, -0.2) is 10.9 Å². The van der Waals surface area contributed by atoms with Gasteiger partial charge < -0.3 is 14.2 Å². The Balaban J connectivity index is 1.87. The zero-order chi connectivity index (χ0) is 13.0. The molecule has 5 nitrogen and oxygen atoms in total. The van der Waals surface area contributed by atoms with Crippen LogP contribution in [0.5, 0.6) is 0 Å². The number of hydrogen-bond acceptors (Lipinski definition) is 6. The van der Waals surface area contributed by atoms with Gasteiger partial charge in [-0.15, -0.1) is 11.8 Å². The molecule has 0 radical (unpaired) electrons. The topological polar surface area (TPSA) is 51.8 Å². The van der Waals surface area contributed by atoms with Crippen LogP contribution in [0.2, 0.25) is 0 Å². The smallest absolute Gasteiger partial charge is 0.170 e. The van der Waals surface area contributed by atoms with E-state index in [0.29, 0.717) is 5.92 Å². The van der Waals surface area contributed by atoms with E-state index < -0.39 is 0 Å². The van der Waals surface area contributed by atoms with Crippen LogP contribution in [-0.4, -0.2) is 44.0 Å². The molecule has 2 N–H and O–H groups in total. The minimum atomic E-state index is 0.0592. The van der Waals surface area contributed by atoms with E-state index in [-0.39, 0.29) is 24.0 Å². The Morgan fingerprint density at radius 2 is 1.78 bits per heavy atom. The van der Waals surface area contributed by atoms with Gasteiger partial charge >= 0.3 is 0 Å². The van der Waals surface area contributed by atoms with Gasteiger partial charge in [0.05, 0.1) is 12.2 Å². The molecule has 1 heterocycles. The summed E-state index contributed by atoms with van der Waals surface area (Å²) in [6.07, 6.45) is 3.65. The minimum absolute atomic E-state index is 0.0592. The van der Waals surface area contributed by atoms with Gasteiger partial charge in [-0.1, -0.05) is 6.92 Å². The molecule has 1 aliphatic carbocycles. The molecule has 1 aliphatic heterocycles. The first-order chi connectivity index (χ1) is 8.76. The monoisotopic (exact) mass is 276 g/mol. The van der Waals surface area contributed by atoms with Crippen LogP contribution in [0.15, 0.2) is 0 Å². The molecule has 1 saturated heterocycles. The number of thioether (sulfide) groups is 1. The molecule has 0 aromatic heterocycles. The van der Waals surface area contributed by atoms with E-state index in [1.807, 2.05) is 0 Å². The van der Waals surface area contributed by atoms with Crippen LogP contribution in [0, 0.1) is 5.92 Å². The fourth-order valence-corrected chi connectivity index (χ4v) is 3.35. The second-order valence-electron chi connectivity index (χ2n) is 4.82. The van der Waals surface area contributed by atoms with Crippen molar-refractivity contribution in [3.05, 3.63) is 0 Å². The van der Waals surface area contributed by atoms with E-state index in [1.165, 1.54) is 0 Å². The van der Waals surface area contributed by atoms with E-state index in [2.05, 4.69) is 17.8 Å². The van der Waals surface area contributed by atoms with E-state index in [9.17, 15) is 0 Å².